The molecule has 0 unspecified atom stereocenters. The van der Waals surface area contributed by atoms with Crippen molar-refractivity contribution >= 4 is 11.7 Å². The first-order chi connectivity index (χ1) is 12.7. The third-order valence-corrected chi connectivity index (χ3v) is 5.12. The first-order valence-corrected chi connectivity index (χ1v) is 9.21. The maximum Gasteiger partial charge on any atom is 0.338 e. The molecule has 2 aliphatic rings. The molecule has 1 aromatic carbocycles. The summed E-state index contributed by atoms with van der Waals surface area (Å²) >= 11 is 0. The molecule has 26 heavy (non-hydrogen) atoms. The zero-order valence-electron chi connectivity index (χ0n) is 15.0. The van der Waals surface area contributed by atoms with E-state index in [0.717, 1.165) is 31.2 Å². The van der Waals surface area contributed by atoms with E-state index in [0.29, 0.717) is 16.9 Å². The Morgan fingerprint density at radius 2 is 1.96 bits per heavy atom. The predicted octanol–water partition coefficient (Wildman–Crippen LogP) is 3.88. The molecule has 1 fully saturated rings. The Morgan fingerprint density at radius 3 is 2.58 bits per heavy atom. The van der Waals surface area contributed by atoms with Gasteiger partial charge in [-0.25, -0.2) is 4.79 Å². The molecule has 136 valence electrons. The standard InChI is InChI=1S/C21H24N2O3/c1-2-25-21(24)18-17(14-9-5-3-6-10-14)16(13-22)20(23)26-19(18)15-11-7-4-8-12-15/h4,7-8,11-12,14,17H,2-3,5-6,9-10,23H2,1H3/t17-/m1/s1. The Labute approximate surface area is 154 Å². The number of rotatable bonds is 4. The second kappa shape index (κ2) is 8.09. The highest BCUT2D eigenvalue weighted by Crippen LogP contribution is 2.45. The number of hydrogen-bond acceptors (Lipinski definition) is 5. The number of nitrogens with two attached hydrogens (primary N) is 1. The second-order valence-corrected chi connectivity index (χ2v) is 6.70. The Kier molecular flexibility index (Phi) is 5.62. The van der Waals surface area contributed by atoms with Gasteiger partial charge in [0.1, 0.15) is 11.8 Å². The molecule has 0 bridgehead atoms. The van der Waals surface area contributed by atoms with Gasteiger partial charge in [0.25, 0.3) is 0 Å². The fourth-order valence-electron chi connectivity index (χ4n) is 3.95. The van der Waals surface area contributed by atoms with Crippen LogP contribution in [-0.2, 0) is 14.3 Å². The second-order valence-electron chi connectivity index (χ2n) is 6.70. The number of benzene rings is 1. The smallest absolute Gasteiger partial charge is 0.338 e. The van der Waals surface area contributed by atoms with E-state index in [1.165, 1.54) is 6.42 Å². The number of carbonyl (C=O) groups is 1. The van der Waals surface area contributed by atoms with Crippen LogP contribution in [0.15, 0.2) is 47.4 Å². The van der Waals surface area contributed by atoms with Crippen molar-refractivity contribution in [3.63, 3.8) is 0 Å². The van der Waals surface area contributed by atoms with Crippen LogP contribution in [0.3, 0.4) is 0 Å². The van der Waals surface area contributed by atoms with E-state index in [4.69, 9.17) is 15.2 Å². The van der Waals surface area contributed by atoms with Gasteiger partial charge in [0.05, 0.1) is 17.8 Å². The topological polar surface area (TPSA) is 85.3 Å². The molecule has 1 aliphatic carbocycles. The summed E-state index contributed by atoms with van der Waals surface area (Å²) in [5.74, 6) is -0.101. The van der Waals surface area contributed by atoms with Gasteiger partial charge in [0.15, 0.2) is 0 Å². The summed E-state index contributed by atoms with van der Waals surface area (Å²) in [5.41, 5.74) is 7.63. The van der Waals surface area contributed by atoms with Gasteiger partial charge in [-0.2, -0.15) is 5.26 Å². The lowest BCUT2D eigenvalue weighted by molar-refractivity contribution is -0.139. The predicted molar refractivity (Wildman–Crippen MR) is 98.0 cm³/mol. The Balaban J connectivity index is 2.15. The fourth-order valence-corrected chi connectivity index (χ4v) is 3.95. The van der Waals surface area contributed by atoms with Gasteiger partial charge >= 0.3 is 5.97 Å². The summed E-state index contributed by atoms with van der Waals surface area (Å²) in [6.45, 7) is 2.04. The van der Waals surface area contributed by atoms with Gasteiger partial charge in [-0.15, -0.1) is 0 Å². The average Bonchev–Trinajstić information content (AvgIpc) is 2.68. The highest BCUT2D eigenvalue weighted by Gasteiger charge is 2.41. The van der Waals surface area contributed by atoms with Crippen LogP contribution in [0.5, 0.6) is 0 Å². The third kappa shape index (κ3) is 3.45. The zero-order chi connectivity index (χ0) is 18.5. The van der Waals surface area contributed by atoms with Crippen LogP contribution in [0.4, 0.5) is 0 Å². The van der Waals surface area contributed by atoms with Crippen LogP contribution in [0.2, 0.25) is 0 Å². The highest BCUT2D eigenvalue weighted by atomic mass is 16.5. The van der Waals surface area contributed by atoms with Crippen molar-refractivity contribution in [3.8, 4) is 6.07 Å². The van der Waals surface area contributed by atoms with Gasteiger partial charge in [-0.05, 0) is 25.7 Å². The molecule has 0 aromatic heterocycles. The summed E-state index contributed by atoms with van der Waals surface area (Å²) in [6.07, 6.45) is 5.31. The highest BCUT2D eigenvalue weighted by molar-refractivity contribution is 5.98. The van der Waals surface area contributed by atoms with Crippen LogP contribution >= 0.6 is 0 Å². The fraction of sp³-hybridized carbons (Fsp3) is 0.429. The normalized spacial score (nSPS) is 21.2. The first kappa shape index (κ1) is 18.1. The zero-order valence-corrected chi connectivity index (χ0v) is 15.0. The summed E-state index contributed by atoms with van der Waals surface area (Å²) in [4.78, 5) is 12.9. The number of nitriles is 1. The first-order valence-electron chi connectivity index (χ1n) is 9.21. The van der Waals surface area contributed by atoms with Gasteiger partial charge < -0.3 is 15.2 Å². The minimum atomic E-state index is -0.429. The maximum absolute atomic E-state index is 12.9. The van der Waals surface area contributed by atoms with E-state index in [9.17, 15) is 10.1 Å². The van der Waals surface area contributed by atoms with Crippen LogP contribution in [0.1, 0.15) is 44.6 Å². The van der Waals surface area contributed by atoms with E-state index in [2.05, 4.69) is 6.07 Å². The van der Waals surface area contributed by atoms with Gasteiger partial charge in [-0.3, -0.25) is 0 Å². The van der Waals surface area contributed by atoms with Gasteiger partial charge in [0, 0.05) is 11.5 Å². The van der Waals surface area contributed by atoms with Crippen LogP contribution in [-0.4, -0.2) is 12.6 Å². The van der Waals surface area contributed by atoms with Crippen LogP contribution in [0, 0.1) is 23.2 Å². The molecule has 5 heteroatoms. The molecule has 3 rings (SSSR count). The molecule has 0 spiro atoms. The summed E-state index contributed by atoms with van der Waals surface area (Å²) < 4.78 is 11.1. The molecule has 1 aromatic rings. The summed E-state index contributed by atoms with van der Waals surface area (Å²) in [6, 6.07) is 11.6. The minimum Gasteiger partial charge on any atom is -0.463 e. The van der Waals surface area contributed by atoms with Crippen LogP contribution in [0.25, 0.3) is 5.76 Å². The molecule has 1 saturated carbocycles. The number of ether oxygens (including phenoxy) is 2. The van der Waals surface area contributed by atoms with Crippen LogP contribution < -0.4 is 5.73 Å². The maximum atomic E-state index is 12.9. The number of carbonyl (C=O) groups excluding carboxylic acids is 1. The van der Waals surface area contributed by atoms with E-state index < -0.39 is 5.97 Å². The Hall–Kier alpha value is -2.74. The third-order valence-electron chi connectivity index (χ3n) is 5.12. The van der Waals surface area contributed by atoms with Crippen molar-refractivity contribution in [3.05, 3.63) is 52.9 Å². The lowest BCUT2D eigenvalue weighted by Gasteiger charge is -2.35. The van der Waals surface area contributed by atoms with Crippen molar-refractivity contribution in [1.82, 2.24) is 0 Å². The number of hydrogen-bond donors (Lipinski definition) is 1. The minimum absolute atomic E-state index is 0.0926. The lowest BCUT2D eigenvalue weighted by Crippen LogP contribution is -2.32. The van der Waals surface area contributed by atoms with Crippen molar-refractivity contribution in [2.45, 2.75) is 39.0 Å². The number of esters is 1. The van der Waals surface area contributed by atoms with E-state index in [1.54, 1.807) is 6.92 Å². The van der Waals surface area contributed by atoms with Crippen molar-refractivity contribution in [1.29, 1.82) is 5.26 Å². The molecule has 2 N–H and O–H groups in total. The molecule has 1 aliphatic heterocycles. The van der Waals surface area contributed by atoms with Crippen molar-refractivity contribution in [2.24, 2.45) is 17.6 Å². The number of allylic oxidation sites excluding steroid dienone is 1. The molecular formula is C21H24N2O3. The molecule has 1 atom stereocenters. The molecule has 5 nitrogen and oxygen atoms in total. The summed E-state index contributed by atoms with van der Waals surface area (Å²) in [5, 5.41) is 9.71. The van der Waals surface area contributed by atoms with Gasteiger partial charge in [0.2, 0.25) is 5.88 Å². The number of nitrogens with zero attached hydrogens (tertiary/aromatic N) is 1. The van der Waals surface area contributed by atoms with E-state index in [1.807, 2.05) is 30.3 Å². The summed E-state index contributed by atoms with van der Waals surface area (Å²) in [7, 11) is 0. The quantitative estimate of drug-likeness (QED) is 0.831. The SMILES string of the molecule is CCOC(=O)C1=C(c2ccccc2)OC(N)=C(C#N)[C@H]1C1CCCCC1. The van der Waals surface area contributed by atoms with Crippen molar-refractivity contribution in [2.75, 3.05) is 6.61 Å². The molecular weight excluding hydrogens is 328 g/mol. The monoisotopic (exact) mass is 352 g/mol. The lowest BCUT2D eigenvalue weighted by atomic mass is 9.72. The van der Waals surface area contributed by atoms with Gasteiger partial charge in [-0.1, -0.05) is 49.6 Å². The van der Waals surface area contributed by atoms with Crippen molar-refractivity contribution < 1.29 is 14.3 Å². The van der Waals surface area contributed by atoms with E-state index in [-0.39, 0.29) is 24.3 Å². The Bertz CT molecular complexity index is 768. The molecule has 0 saturated heterocycles. The molecule has 0 radical (unpaired) electrons. The average molecular weight is 352 g/mol. The molecule has 1 heterocycles. The molecule has 0 amide bonds. The van der Waals surface area contributed by atoms with E-state index >= 15 is 0 Å². The Morgan fingerprint density at radius 1 is 1.27 bits per heavy atom. The largest absolute Gasteiger partial charge is 0.463 e.